The van der Waals surface area contributed by atoms with Crippen molar-refractivity contribution in [1.29, 1.82) is 0 Å². The largest absolute Gasteiger partial charge is 0.514 e. The minimum absolute atomic E-state index is 0.00254. The average molecular weight is 756 g/mol. The number of ether oxygens (including phenoxy) is 3. The monoisotopic (exact) mass is 755 g/mol. The quantitative estimate of drug-likeness (QED) is 0.110. The molecule has 3 aliphatic carbocycles. The number of aliphatic hydroxyl groups is 2. The summed E-state index contributed by atoms with van der Waals surface area (Å²) in [5, 5.41) is 28.2. The number of fused-ring (bicyclic) bond motifs is 4. The summed E-state index contributed by atoms with van der Waals surface area (Å²) in [6.45, 7) is 16.9. The van der Waals surface area contributed by atoms with Crippen LogP contribution in [0.5, 0.6) is 11.6 Å². The number of anilines is 1. The van der Waals surface area contributed by atoms with Crippen LogP contribution in [0.15, 0.2) is 28.0 Å². The van der Waals surface area contributed by atoms with Gasteiger partial charge in [0.25, 0.3) is 5.88 Å². The van der Waals surface area contributed by atoms with E-state index < -0.39 is 72.0 Å². The maximum Gasteiger partial charge on any atom is 0.514 e. The Hall–Kier alpha value is -3.72. The lowest BCUT2D eigenvalue weighted by molar-refractivity contribution is -0.0669. The van der Waals surface area contributed by atoms with E-state index in [1.54, 1.807) is 26.8 Å². The van der Waals surface area contributed by atoms with Crippen molar-refractivity contribution >= 4 is 31.7 Å². The summed E-state index contributed by atoms with van der Waals surface area (Å²) in [6, 6.07) is 2.58. The Labute approximate surface area is 313 Å². The molecule has 0 spiro atoms. The topological polar surface area (TPSA) is 161 Å². The number of carbonyl (C=O) groups is 3. The smallest absolute Gasteiger partial charge is 0.508 e. The molecule has 53 heavy (non-hydrogen) atoms. The number of ketones is 2. The molecule has 13 nitrogen and oxygen atoms in total. The Morgan fingerprint density at radius 1 is 1.08 bits per heavy atom. The van der Waals surface area contributed by atoms with Crippen molar-refractivity contribution in [2.24, 2.45) is 11.3 Å². The lowest BCUT2D eigenvalue weighted by atomic mass is 9.52. The van der Waals surface area contributed by atoms with Gasteiger partial charge in [0.15, 0.2) is 25.5 Å². The number of rotatable bonds is 10. The van der Waals surface area contributed by atoms with Gasteiger partial charge in [0, 0.05) is 31.1 Å². The average Bonchev–Trinajstić information content (AvgIpc) is 3.43. The minimum Gasteiger partial charge on any atom is -0.508 e. The van der Waals surface area contributed by atoms with Crippen molar-refractivity contribution in [3.8, 4) is 11.6 Å². The van der Waals surface area contributed by atoms with Gasteiger partial charge in [-0.3, -0.25) is 14.5 Å². The molecule has 5 rings (SSSR count). The van der Waals surface area contributed by atoms with Crippen LogP contribution in [0.1, 0.15) is 106 Å². The highest BCUT2D eigenvalue weighted by Crippen LogP contribution is 2.63. The number of benzene rings is 1. The molecule has 0 saturated carbocycles. The van der Waals surface area contributed by atoms with Crippen LogP contribution >= 0.6 is 0 Å². The van der Waals surface area contributed by atoms with Gasteiger partial charge in [0.2, 0.25) is 5.78 Å². The van der Waals surface area contributed by atoms with Gasteiger partial charge in [-0.1, -0.05) is 34.1 Å². The van der Waals surface area contributed by atoms with E-state index in [1.807, 2.05) is 78.8 Å². The Bertz CT molecular complexity index is 1820. The third-order valence-electron chi connectivity index (χ3n) is 11.3. The van der Waals surface area contributed by atoms with Gasteiger partial charge < -0.3 is 38.3 Å². The lowest BCUT2D eigenvalue weighted by Crippen LogP contribution is -2.66. The highest BCUT2D eigenvalue weighted by atomic mass is 28.4. The Balaban J connectivity index is 1.85. The molecule has 1 aromatic carbocycles. The molecule has 3 aliphatic rings. The van der Waals surface area contributed by atoms with Crippen molar-refractivity contribution in [2.45, 2.75) is 110 Å². The molecule has 4 atom stereocenters. The highest BCUT2D eigenvalue weighted by molar-refractivity contribution is 6.74. The van der Waals surface area contributed by atoms with Crippen molar-refractivity contribution in [1.82, 2.24) is 10.1 Å². The minimum atomic E-state index is -2.96. The van der Waals surface area contributed by atoms with Crippen LogP contribution < -0.4 is 14.4 Å². The molecule has 0 bridgehead atoms. The first-order valence-electron chi connectivity index (χ1n) is 18.4. The van der Waals surface area contributed by atoms with Gasteiger partial charge in [-0.15, -0.1) is 0 Å². The molecule has 0 aliphatic heterocycles. The zero-order valence-corrected chi connectivity index (χ0v) is 34.6. The molecule has 2 aromatic rings. The SMILES string of the molecule is CCCCOc1noc2c1C(=O)[C@@]1(O[Si](C)(C)C(C)(C)C)C(O)=C3C(=O)c4c(OC(=O)OC(C)(C)C)ccc(N(C)C)c4C[C@@]3(CO)C[C@H]1[C@@H]2N(C)C. The second-order valence-electron chi connectivity index (χ2n) is 17.6. The van der Waals surface area contributed by atoms with E-state index in [0.29, 0.717) is 24.3 Å². The van der Waals surface area contributed by atoms with E-state index in [4.69, 9.17) is 23.2 Å². The second-order valence-corrected chi connectivity index (χ2v) is 22.4. The fraction of sp³-hybridized carbons (Fsp3) is 0.641. The number of unbranched alkanes of at least 4 members (excludes halogenated alkanes) is 1. The predicted molar refractivity (Wildman–Crippen MR) is 202 cm³/mol. The van der Waals surface area contributed by atoms with Crippen LogP contribution in [-0.2, 0) is 15.6 Å². The summed E-state index contributed by atoms with van der Waals surface area (Å²) in [5.74, 6) is -2.48. The van der Waals surface area contributed by atoms with E-state index >= 15 is 9.59 Å². The van der Waals surface area contributed by atoms with Crippen molar-refractivity contribution in [3.63, 3.8) is 0 Å². The molecule has 2 N–H and O–H groups in total. The summed E-state index contributed by atoms with van der Waals surface area (Å²) in [6.07, 6.45) is 0.706. The first kappa shape index (κ1) is 40.5. The summed E-state index contributed by atoms with van der Waals surface area (Å²) in [4.78, 5) is 47.4. The maximum absolute atomic E-state index is 15.4. The van der Waals surface area contributed by atoms with Crippen LogP contribution in [0.4, 0.5) is 10.5 Å². The van der Waals surface area contributed by atoms with Crippen LogP contribution in [-0.4, -0.2) is 98.9 Å². The van der Waals surface area contributed by atoms with Crippen LogP contribution in [0, 0.1) is 11.3 Å². The molecule has 1 aromatic heterocycles. The second kappa shape index (κ2) is 13.8. The Morgan fingerprint density at radius 2 is 1.74 bits per heavy atom. The molecule has 0 fully saturated rings. The van der Waals surface area contributed by atoms with Crippen LogP contribution in [0.3, 0.4) is 0 Å². The first-order valence-corrected chi connectivity index (χ1v) is 21.3. The molecule has 14 heteroatoms. The van der Waals surface area contributed by atoms with Crippen LogP contribution in [0.2, 0.25) is 18.1 Å². The van der Waals surface area contributed by atoms with E-state index in [9.17, 15) is 15.0 Å². The van der Waals surface area contributed by atoms with E-state index in [-0.39, 0.29) is 46.9 Å². The number of hydrogen-bond acceptors (Lipinski definition) is 13. The fourth-order valence-electron chi connectivity index (χ4n) is 7.77. The number of aromatic nitrogens is 1. The first-order chi connectivity index (χ1) is 24.5. The molecular formula is C39H57N3O10Si. The van der Waals surface area contributed by atoms with Gasteiger partial charge in [-0.2, -0.15) is 0 Å². The van der Waals surface area contributed by atoms with Crippen molar-refractivity contribution in [3.05, 3.63) is 45.9 Å². The zero-order chi connectivity index (χ0) is 39.6. The molecule has 1 heterocycles. The molecule has 0 saturated heterocycles. The normalized spacial score (nSPS) is 24.4. The number of Topliss-reactive ketones (excluding diaryl/α,β-unsaturated/α-hetero) is 2. The fourth-order valence-corrected chi connectivity index (χ4v) is 9.22. The molecule has 0 amide bonds. The van der Waals surface area contributed by atoms with Gasteiger partial charge in [-0.05, 0) is 95.1 Å². The number of aliphatic hydroxyl groups excluding tert-OH is 2. The van der Waals surface area contributed by atoms with Gasteiger partial charge in [0.05, 0.1) is 30.4 Å². The molecule has 292 valence electrons. The van der Waals surface area contributed by atoms with E-state index in [1.165, 1.54) is 6.07 Å². The van der Waals surface area contributed by atoms with Crippen molar-refractivity contribution in [2.75, 3.05) is 46.3 Å². The standard InChI is InChI=1S/C39H57N3O10Si/c1-14-15-18-48-34-27-31(51-40-34)29(42(10)11)23-20-38(21-43)19-22-24(41(8)9)16-17-25(49-35(47)50-36(2,3)4)26(22)30(44)28(38)33(46)39(23,32(27)45)52-53(12,13)37(5,6)7/h16-17,23,29,43,46H,14-15,18-21H2,1-13H3/t23-,29-,38-,39+/m0/s1. The van der Waals surface area contributed by atoms with E-state index in [0.717, 1.165) is 6.42 Å². The maximum atomic E-state index is 15.4. The molecule has 0 radical (unpaired) electrons. The van der Waals surface area contributed by atoms with Crippen LogP contribution in [0.25, 0.3) is 0 Å². The third-order valence-corrected chi connectivity index (χ3v) is 15.7. The summed E-state index contributed by atoms with van der Waals surface area (Å²) >= 11 is 0. The predicted octanol–water partition coefficient (Wildman–Crippen LogP) is 7.04. The third kappa shape index (κ3) is 6.69. The van der Waals surface area contributed by atoms with E-state index in [2.05, 4.69) is 5.16 Å². The van der Waals surface area contributed by atoms with Crippen molar-refractivity contribution < 1.29 is 47.8 Å². The van der Waals surface area contributed by atoms with Gasteiger partial charge in [0.1, 0.15) is 22.7 Å². The Morgan fingerprint density at radius 3 is 2.28 bits per heavy atom. The molecular weight excluding hydrogens is 699 g/mol. The summed E-state index contributed by atoms with van der Waals surface area (Å²) in [5.41, 5.74) is -3.16. The number of hydrogen-bond donors (Lipinski definition) is 2. The van der Waals surface area contributed by atoms with Gasteiger partial charge >= 0.3 is 6.16 Å². The summed E-state index contributed by atoms with van der Waals surface area (Å²) < 4.78 is 30.3. The highest BCUT2D eigenvalue weighted by Gasteiger charge is 2.70. The van der Waals surface area contributed by atoms with Gasteiger partial charge in [-0.25, -0.2) is 4.79 Å². The Kier molecular flexibility index (Phi) is 10.6. The zero-order valence-electron chi connectivity index (χ0n) is 33.6. The lowest BCUT2D eigenvalue weighted by Gasteiger charge is -2.57. The number of carbonyl (C=O) groups excluding carboxylic acids is 3. The number of nitrogens with zero attached hydrogens (tertiary/aromatic N) is 3. The molecule has 0 unspecified atom stereocenters. The summed E-state index contributed by atoms with van der Waals surface area (Å²) in [7, 11) is 4.38.